The van der Waals surface area contributed by atoms with E-state index in [4.69, 9.17) is 0 Å². The molecule has 1 aliphatic rings. The van der Waals surface area contributed by atoms with Gasteiger partial charge in [-0.25, -0.2) is 0 Å². The van der Waals surface area contributed by atoms with Gasteiger partial charge in [-0.15, -0.1) is 11.3 Å². The molecule has 15 heavy (non-hydrogen) atoms. The van der Waals surface area contributed by atoms with Crippen LogP contribution in [0.15, 0.2) is 17.5 Å². The molecule has 2 unspecified atom stereocenters. The number of amides is 1. The van der Waals surface area contributed by atoms with Gasteiger partial charge in [0.15, 0.2) is 0 Å². The van der Waals surface area contributed by atoms with Crippen molar-refractivity contribution in [3.05, 3.63) is 22.4 Å². The molecule has 1 saturated heterocycles. The van der Waals surface area contributed by atoms with E-state index in [9.17, 15) is 4.79 Å². The highest BCUT2D eigenvalue weighted by Crippen LogP contribution is 2.28. The minimum absolute atomic E-state index is 0.0902. The van der Waals surface area contributed by atoms with Crippen LogP contribution >= 0.6 is 11.3 Å². The normalized spacial score (nSPS) is 23.5. The smallest absolute Gasteiger partial charge is 0.238 e. The fraction of sp³-hybridized carbons (Fsp3) is 0.545. The maximum absolute atomic E-state index is 11.7. The summed E-state index contributed by atoms with van der Waals surface area (Å²) in [5.74, 6) is 0.211. The average molecular weight is 224 g/mol. The topological polar surface area (TPSA) is 32.3 Å². The Labute approximate surface area is 94.1 Å². The highest BCUT2D eigenvalue weighted by molar-refractivity contribution is 7.10. The lowest BCUT2D eigenvalue weighted by atomic mass is 10.2. The summed E-state index contributed by atoms with van der Waals surface area (Å²) in [6, 6.07) is 4.41. The third-order valence-electron chi connectivity index (χ3n) is 2.89. The first-order valence-electron chi connectivity index (χ1n) is 5.32. The molecule has 0 spiro atoms. The first-order valence-corrected chi connectivity index (χ1v) is 6.20. The summed E-state index contributed by atoms with van der Waals surface area (Å²) in [7, 11) is 0. The summed E-state index contributed by atoms with van der Waals surface area (Å²) < 4.78 is 0. The van der Waals surface area contributed by atoms with Gasteiger partial charge in [0.2, 0.25) is 5.91 Å². The van der Waals surface area contributed by atoms with Gasteiger partial charge < -0.3 is 4.90 Å². The van der Waals surface area contributed by atoms with Crippen LogP contribution in [0.25, 0.3) is 0 Å². The van der Waals surface area contributed by atoms with E-state index >= 15 is 0 Å². The molecule has 1 aliphatic heterocycles. The first-order chi connectivity index (χ1) is 7.24. The number of nitrogens with zero attached hydrogens (tertiary/aromatic N) is 1. The second-order valence-electron chi connectivity index (χ2n) is 3.86. The van der Waals surface area contributed by atoms with Crippen LogP contribution in [0.5, 0.6) is 0 Å². The van der Waals surface area contributed by atoms with Crippen molar-refractivity contribution < 1.29 is 4.79 Å². The quantitative estimate of drug-likeness (QED) is 0.851. The van der Waals surface area contributed by atoms with Gasteiger partial charge in [0.05, 0.1) is 6.54 Å². The van der Waals surface area contributed by atoms with Gasteiger partial charge in [0.25, 0.3) is 0 Å². The molecular weight excluding hydrogens is 208 g/mol. The number of nitrogens with one attached hydrogen (secondary N) is 1. The number of thiophene rings is 1. The molecule has 1 amide bonds. The van der Waals surface area contributed by atoms with E-state index in [2.05, 4.69) is 30.6 Å². The Morgan fingerprint density at radius 2 is 2.53 bits per heavy atom. The average Bonchev–Trinajstić information content (AvgIpc) is 2.85. The van der Waals surface area contributed by atoms with Crippen LogP contribution in [0.2, 0.25) is 0 Å². The Hall–Kier alpha value is -0.870. The van der Waals surface area contributed by atoms with E-state index in [1.807, 2.05) is 11.0 Å². The number of rotatable bonds is 3. The van der Waals surface area contributed by atoms with Gasteiger partial charge in [-0.1, -0.05) is 13.0 Å². The van der Waals surface area contributed by atoms with Crippen molar-refractivity contribution in [1.29, 1.82) is 0 Å². The van der Waals surface area contributed by atoms with E-state index in [-0.39, 0.29) is 12.1 Å². The lowest BCUT2D eigenvalue weighted by molar-refractivity contribution is -0.130. The summed E-state index contributed by atoms with van der Waals surface area (Å²) in [5, 5.41) is 5.31. The highest BCUT2D eigenvalue weighted by Gasteiger charge is 2.34. The third kappa shape index (κ3) is 1.92. The number of carbonyl (C=O) groups excluding carboxylic acids is 1. The van der Waals surface area contributed by atoms with Crippen molar-refractivity contribution in [3.63, 3.8) is 0 Å². The van der Waals surface area contributed by atoms with Gasteiger partial charge >= 0.3 is 0 Å². The Morgan fingerprint density at radius 1 is 1.73 bits per heavy atom. The number of hydrogen-bond donors (Lipinski definition) is 1. The zero-order valence-electron chi connectivity index (χ0n) is 9.06. The van der Waals surface area contributed by atoms with Gasteiger partial charge in [-0.05, 0) is 24.8 Å². The highest BCUT2D eigenvalue weighted by atomic mass is 32.1. The minimum Gasteiger partial charge on any atom is -0.318 e. The summed E-state index contributed by atoms with van der Waals surface area (Å²) in [4.78, 5) is 14.9. The largest absolute Gasteiger partial charge is 0.318 e. The third-order valence-corrected chi connectivity index (χ3v) is 3.82. The van der Waals surface area contributed by atoms with E-state index in [0.29, 0.717) is 12.6 Å². The predicted octanol–water partition coefficient (Wildman–Crippen LogP) is 1.98. The van der Waals surface area contributed by atoms with Gasteiger partial charge in [-0.2, -0.15) is 0 Å². The van der Waals surface area contributed by atoms with Crippen LogP contribution in [-0.4, -0.2) is 23.4 Å². The SMILES string of the molecule is CCC(C)N1C(=O)CNC1c1cccs1. The lowest BCUT2D eigenvalue weighted by Gasteiger charge is -2.29. The molecule has 0 saturated carbocycles. The molecule has 1 aromatic rings. The zero-order chi connectivity index (χ0) is 10.8. The standard InChI is InChI=1S/C11H16N2OS/c1-3-8(2)13-10(14)7-12-11(13)9-5-4-6-15-9/h4-6,8,11-12H,3,7H2,1-2H3. The van der Waals surface area contributed by atoms with Gasteiger partial charge in [-0.3, -0.25) is 10.1 Å². The van der Waals surface area contributed by atoms with E-state index in [1.165, 1.54) is 4.88 Å². The summed E-state index contributed by atoms with van der Waals surface area (Å²) >= 11 is 1.70. The Bertz CT molecular complexity index is 336. The number of carbonyl (C=O) groups is 1. The van der Waals surface area contributed by atoms with Crippen LogP contribution in [0.4, 0.5) is 0 Å². The molecule has 1 fully saturated rings. The van der Waals surface area contributed by atoms with Crippen LogP contribution in [-0.2, 0) is 4.79 Å². The summed E-state index contributed by atoms with van der Waals surface area (Å²) in [6.07, 6.45) is 1.09. The molecule has 2 rings (SSSR count). The van der Waals surface area contributed by atoms with Crippen molar-refractivity contribution in [1.82, 2.24) is 10.2 Å². The second-order valence-corrected chi connectivity index (χ2v) is 4.84. The molecule has 0 radical (unpaired) electrons. The van der Waals surface area contributed by atoms with Crippen LogP contribution in [0.1, 0.15) is 31.3 Å². The fourth-order valence-electron chi connectivity index (χ4n) is 1.90. The van der Waals surface area contributed by atoms with Crippen molar-refractivity contribution in [3.8, 4) is 0 Å². The Morgan fingerprint density at radius 3 is 3.13 bits per heavy atom. The molecule has 0 bridgehead atoms. The summed E-state index contributed by atoms with van der Waals surface area (Å²) in [5.41, 5.74) is 0. The lowest BCUT2D eigenvalue weighted by Crippen LogP contribution is -2.37. The molecule has 0 aliphatic carbocycles. The molecular formula is C11H16N2OS. The molecule has 1 aromatic heterocycles. The molecule has 4 heteroatoms. The van der Waals surface area contributed by atoms with E-state index in [0.717, 1.165) is 6.42 Å². The molecule has 0 aromatic carbocycles. The second kappa shape index (κ2) is 4.33. The molecule has 2 heterocycles. The monoisotopic (exact) mass is 224 g/mol. The van der Waals surface area contributed by atoms with E-state index in [1.54, 1.807) is 11.3 Å². The first kappa shape index (κ1) is 10.6. The van der Waals surface area contributed by atoms with E-state index < -0.39 is 0 Å². The maximum atomic E-state index is 11.7. The Kier molecular flexibility index (Phi) is 3.07. The van der Waals surface area contributed by atoms with Crippen LogP contribution in [0, 0.1) is 0 Å². The molecule has 82 valence electrons. The van der Waals surface area contributed by atoms with Crippen molar-refractivity contribution in [2.75, 3.05) is 6.54 Å². The fourth-order valence-corrected chi connectivity index (χ4v) is 2.70. The molecule has 1 N–H and O–H groups in total. The maximum Gasteiger partial charge on any atom is 0.238 e. The van der Waals surface area contributed by atoms with Crippen molar-refractivity contribution >= 4 is 17.2 Å². The van der Waals surface area contributed by atoms with Crippen molar-refractivity contribution in [2.24, 2.45) is 0 Å². The number of hydrogen-bond acceptors (Lipinski definition) is 3. The molecule has 2 atom stereocenters. The van der Waals surface area contributed by atoms with Crippen molar-refractivity contribution in [2.45, 2.75) is 32.5 Å². The van der Waals surface area contributed by atoms with Crippen LogP contribution in [0.3, 0.4) is 0 Å². The summed E-state index contributed by atoms with van der Waals surface area (Å²) in [6.45, 7) is 4.68. The molecule has 3 nitrogen and oxygen atoms in total. The minimum atomic E-state index is 0.0902. The van der Waals surface area contributed by atoms with Gasteiger partial charge in [0, 0.05) is 10.9 Å². The Balaban J connectivity index is 2.21. The van der Waals surface area contributed by atoms with Crippen LogP contribution < -0.4 is 5.32 Å². The van der Waals surface area contributed by atoms with Gasteiger partial charge in [0.1, 0.15) is 6.17 Å². The zero-order valence-corrected chi connectivity index (χ0v) is 9.88. The predicted molar refractivity (Wildman–Crippen MR) is 61.7 cm³/mol.